The highest BCUT2D eigenvalue weighted by atomic mass is 32.1. The minimum atomic E-state index is -0.860. The van der Waals surface area contributed by atoms with Crippen LogP contribution in [0, 0.1) is 5.82 Å². The maximum absolute atomic E-state index is 13.7. The number of aliphatic carboxylic acids is 1. The van der Waals surface area contributed by atoms with E-state index in [-0.39, 0.29) is 6.42 Å². The van der Waals surface area contributed by atoms with Crippen LogP contribution in [0.5, 0.6) is 0 Å². The van der Waals surface area contributed by atoms with Crippen LogP contribution < -0.4 is 0 Å². The molecule has 21 heavy (non-hydrogen) atoms. The van der Waals surface area contributed by atoms with Gasteiger partial charge >= 0.3 is 5.97 Å². The molecule has 0 aliphatic rings. The highest BCUT2D eigenvalue weighted by Crippen LogP contribution is 2.33. The average Bonchev–Trinajstić information content (AvgIpc) is 3.07. The zero-order chi connectivity index (χ0) is 14.8. The van der Waals surface area contributed by atoms with E-state index in [1.54, 1.807) is 12.1 Å². The first-order chi connectivity index (χ1) is 10.1. The SMILES string of the molecule is O=C(O)Cc1ccc(-c2csc(-c3ccncc3F)n2)s1. The van der Waals surface area contributed by atoms with Gasteiger partial charge in [0.15, 0.2) is 5.82 Å². The fourth-order valence-corrected chi connectivity index (χ4v) is 3.70. The third-order valence-electron chi connectivity index (χ3n) is 2.75. The van der Waals surface area contributed by atoms with Gasteiger partial charge in [-0.15, -0.1) is 22.7 Å². The summed E-state index contributed by atoms with van der Waals surface area (Å²) in [5.74, 6) is -1.27. The molecule has 0 aliphatic heterocycles. The molecule has 0 atom stereocenters. The van der Waals surface area contributed by atoms with Gasteiger partial charge in [-0.3, -0.25) is 9.78 Å². The van der Waals surface area contributed by atoms with E-state index >= 15 is 0 Å². The zero-order valence-electron chi connectivity index (χ0n) is 10.6. The van der Waals surface area contributed by atoms with Crippen LogP contribution in [0.15, 0.2) is 36.0 Å². The molecule has 3 aromatic heterocycles. The van der Waals surface area contributed by atoms with E-state index in [4.69, 9.17) is 5.11 Å². The summed E-state index contributed by atoms with van der Waals surface area (Å²) in [5, 5.41) is 11.2. The second kappa shape index (κ2) is 5.71. The standard InChI is InChI=1S/C14H9FN2O2S2/c15-10-6-16-4-3-9(10)14-17-11(7-20-14)12-2-1-8(21-12)5-13(18)19/h1-4,6-7H,5H2,(H,18,19). The van der Waals surface area contributed by atoms with Gasteiger partial charge in [0.2, 0.25) is 0 Å². The monoisotopic (exact) mass is 320 g/mol. The van der Waals surface area contributed by atoms with Gasteiger partial charge in [-0.1, -0.05) is 0 Å². The number of rotatable bonds is 4. The molecule has 3 rings (SSSR count). The average molecular weight is 320 g/mol. The molecular weight excluding hydrogens is 311 g/mol. The van der Waals surface area contributed by atoms with Crippen molar-refractivity contribution in [1.82, 2.24) is 9.97 Å². The Hall–Kier alpha value is -2.12. The lowest BCUT2D eigenvalue weighted by Gasteiger charge is -1.96. The van der Waals surface area contributed by atoms with Crippen molar-refractivity contribution < 1.29 is 14.3 Å². The molecule has 0 radical (unpaired) electrons. The van der Waals surface area contributed by atoms with Crippen molar-refractivity contribution >= 4 is 28.6 Å². The molecule has 0 fully saturated rings. The van der Waals surface area contributed by atoms with Crippen molar-refractivity contribution in [2.75, 3.05) is 0 Å². The number of nitrogens with zero attached hydrogens (tertiary/aromatic N) is 2. The summed E-state index contributed by atoms with van der Waals surface area (Å²) in [6.07, 6.45) is 2.68. The Morgan fingerprint density at radius 2 is 2.19 bits per heavy atom. The smallest absolute Gasteiger partial charge is 0.308 e. The first kappa shape index (κ1) is 13.8. The van der Waals surface area contributed by atoms with E-state index < -0.39 is 11.8 Å². The molecule has 0 amide bonds. The molecule has 1 N–H and O–H groups in total. The number of halogens is 1. The van der Waals surface area contributed by atoms with Gasteiger partial charge in [-0.2, -0.15) is 0 Å². The third-order valence-corrected chi connectivity index (χ3v) is 4.73. The molecule has 4 nitrogen and oxygen atoms in total. The summed E-state index contributed by atoms with van der Waals surface area (Å²) in [6, 6.07) is 5.20. The number of aromatic nitrogens is 2. The number of carbonyl (C=O) groups is 1. The van der Waals surface area contributed by atoms with Crippen LogP contribution in [0.25, 0.3) is 21.1 Å². The van der Waals surface area contributed by atoms with Crippen LogP contribution in [0.1, 0.15) is 4.88 Å². The van der Waals surface area contributed by atoms with E-state index in [1.807, 2.05) is 11.4 Å². The Bertz CT molecular complexity index is 798. The number of carboxylic acid groups (broad SMARTS) is 1. The lowest BCUT2D eigenvalue weighted by Crippen LogP contribution is -1.96. The Morgan fingerprint density at radius 1 is 1.33 bits per heavy atom. The molecule has 0 saturated carbocycles. The van der Waals surface area contributed by atoms with E-state index in [0.29, 0.717) is 10.6 Å². The maximum atomic E-state index is 13.7. The largest absolute Gasteiger partial charge is 0.481 e. The number of pyridine rings is 1. The summed E-state index contributed by atoms with van der Waals surface area (Å²) >= 11 is 2.73. The molecule has 3 aromatic rings. The van der Waals surface area contributed by atoms with Crippen LogP contribution in [0.2, 0.25) is 0 Å². The predicted molar refractivity (Wildman–Crippen MR) is 80.0 cm³/mol. The van der Waals surface area contributed by atoms with Crippen molar-refractivity contribution in [3.05, 3.63) is 46.7 Å². The van der Waals surface area contributed by atoms with E-state index in [1.165, 1.54) is 28.9 Å². The summed E-state index contributed by atoms with van der Waals surface area (Å²) in [6.45, 7) is 0. The van der Waals surface area contributed by atoms with Crippen molar-refractivity contribution in [1.29, 1.82) is 0 Å². The minimum Gasteiger partial charge on any atom is -0.481 e. The van der Waals surface area contributed by atoms with Crippen molar-refractivity contribution in [3.63, 3.8) is 0 Å². The zero-order valence-corrected chi connectivity index (χ0v) is 12.2. The molecule has 106 valence electrons. The van der Waals surface area contributed by atoms with Gasteiger partial charge in [-0.05, 0) is 18.2 Å². The highest BCUT2D eigenvalue weighted by molar-refractivity contribution is 7.16. The van der Waals surface area contributed by atoms with Crippen LogP contribution in [-0.4, -0.2) is 21.0 Å². The molecule has 0 bridgehead atoms. The van der Waals surface area contributed by atoms with Crippen molar-refractivity contribution in [2.45, 2.75) is 6.42 Å². The van der Waals surface area contributed by atoms with Crippen LogP contribution in [0.4, 0.5) is 4.39 Å². The summed E-state index contributed by atoms with van der Waals surface area (Å²) in [5.41, 5.74) is 1.15. The van der Waals surface area contributed by atoms with E-state index in [2.05, 4.69) is 9.97 Å². The number of thiophene rings is 1. The minimum absolute atomic E-state index is 0.000639. The highest BCUT2D eigenvalue weighted by Gasteiger charge is 2.12. The summed E-state index contributed by atoms with van der Waals surface area (Å²) in [4.78, 5) is 20.5. The normalized spacial score (nSPS) is 10.7. The fourth-order valence-electron chi connectivity index (χ4n) is 1.82. The second-order valence-corrected chi connectivity index (χ2v) is 6.26. The predicted octanol–water partition coefficient (Wildman–Crippen LogP) is 3.70. The van der Waals surface area contributed by atoms with Crippen LogP contribution in [-0.2, 0) is 11.2 Å². The molecule has 0 saturated heterocycles. The topological polar surface area (TPSA) is 63.1 Å². The van der Waals surface area contributed by atoms with Crippen LogP contribution >= 0.6 is 22.7 Å². The first-order valence-corrected chi connectivity index (χ1v) is 7.69. The number of hydrogen-bond acceptors (Lipinski definition) is 5. The molecule has 3 heterocycles. The van der Waals surface area contributed by atoms with Gasteiger partial charge in [0.1, 0.15) is 5.01 Å². The molecular formula is C14H9FN2O2S2. The number of carboxylic acids is 1. The summed E-state index contributed by atoms with van der Waals surface area (Å²) < 4.78 is 13.7. The number of thiazole rings is 1. The Morgan fingerprint density at radius 3 is 2.95 bits per heavy atom. The molecule has 0 aromatic carbocycles. The molecule has 0 aliphatic carbocycles. The fraction of sp³-hybridized carbons (Fsp3) is 0.0714. The van der Waals surface area contributed by atoms with Gasteiger partial charge < -0.3 is 5.11 Å². The van der Waals surface area contributed by atoms with Gasteiger partial charge in [0.25, 0.3) is 0 Å². The Balaban J connectivity index is 1.90. The molecule has 7 heteroatoms. The first-order valence-electron chi connectivity index (χ1n) is 6.00. The molecule has 0 unspecified atom stereocenters. The van der Waals surface area contributed by atoms with E-state index in [9.17, 15) is 9.18 Å². The van der Waals surface area contributed by atoms with Gasteiger partial charge in [-0.25, -0.2) is 9.37 Å². The lowest BCUT2D eigenvalue weighted by atomic mass is 10.2. The molecule has 0 spiro atoms. The lowest BCUT2D eigenvalue weighted by molar-refractivity contribution is -0.136. The summed E-state index contributed by atoms with van der Waals surface area (Å²) in [7, 11) is 0. The number of hydrogen-bond donors (Lipinski definition) is 1. The van der Waals surface area contributed by atoms with Crippen molar-refractivity contribution in [2.24, 2.45) is 0 Å². The quantitative estimate of drug-likeness (QED) is 0.796. The third kappa shape index (κ3) is 2.98. The van der Waals surface area contributed by atoms with E-state index in [0.717, 1.165) is 21.6 Å². The second-order valence-electron chi connectivity index (χ2n) is 4.23. The van der Waals surface area contributed by atoms with Gasteiger partial charge in [0.05, 0.1) is 23.2 Å². The van der Waals surface area contributed by atoms with Crippen molar-refractivity contribution in [3.8, 4) is 21.1 Å². The Labute approximate surface area is 127 Å². The van der Waals surface area contributed by atoms with Crippen LogP contribution in [0.3, 0.4) is 0 Å². The Kier molecular flexibility index (Phi) is 3.76. The van der Waals surface area contributed by atoms with Gasteiger partial charge in [0, 0.05) is 22.0 Å². The maximum Gasteiger partial charge on any atom is 0.308 e.